The van der Waals surface area contributed by atoms with Gasteiger partial charge in [0.1, 0.15) is 0 Å². The van der Waals surface area contributed by atoms with Crippen molar-refractivity contribution < 1.29 is 0 Å². The highest BCUT2D eigenvalue weighted by molar-refractivity contribution is 7.99. The predicted octanol–water partition coefficient (Wildman–Crippen LogP) is 2.60. The fraction of sp³-hybridized carbons (Fsp3) is 0.538. The molecule has 0 spiro atoms. The lowest BCUT2D eigenvalue weighted by atomic mass is 10.2. The van der Waals surface area contributed by atoms with E-state index in [0.717, 1.165) is 26.2 Å². The Balaban J connectivity index is 1.95. The quantitative estimate of drug-likeness (QED) is 0.809. The Bertz CT molecular complexity index is 304. The van der Waals surface area contributed by atoms with Gasteiger partial charge in [-0.05, 0) is 36.4 Å². The predicted molar refractivity (Wildman–Crippen MR) is 72.5 cm³/mol. The molecule has 1 fully saturated rings. The molecule has 0 atom stereocenters. The van der Waals surface area contributed by atoms with E-state index in [9.17, 15) is 0 Å². The van der Waals surface area contributed by atoms with Gasteiger partial charge in [0.15, 0.2) is 0 Å². The highest BCUT2D eigenvalue weighted by Gasteiger charge is 2.09. The molecule has 1 saturated heterocycles. The van der Waals surface area contributed by atoms with Crippen molar-refractivity contribution in [2.75, 3.05) is 36.8 Å². The van der Waals surface area contributed by atoms with Crippen LogP contribution < -0.4 is 10.2 Å². The van der Waals surface area contributed by atoms with Gasteiger partial charge in [0, 0.05) is 36.8 Å². The third-order valence-electron chi connectivity index (χ3n) is 2.79. The van der Waals surface area contributed by atoms with Crippen LogP contribution in [-0.2, 0) is 0 Å². The first-order valence-electron chi connectivity index (χ1n) is 6.08. The van der Waals surface area contributed by atoms with E-state index in [1.165, 1.54) is 22.8 Å². The minimum atomic E-state index is 1.10. The first-order valence-corrected chi connectivity index (χ1v) is 7.07. The third kappa shape index (κ3) is 3.16. The molecule has 1 heterocycles. The van der Waals surface area contributed by atoms with Gasteiger partial charge in [-0.2, -0.15) is 0 Å². The molecule has 2 nitrogen and oxygen atoms in total. The van der Waals surface area contributed by atoms with Crippen LogP contribution in [0.4, 0.5) is 5.69 Å². The van der Waals surface area contributed by atoms with E-state index in [-0.39, 0.29) is 0 Å². The number of piperazine rings is 1. The van der Waals surface area contributed by atoms with Gasteiger partial charge < -0.3 is 10.2 Å². The molecule has 0 bridgehead atoms. The average molecular weight is 236 g/mol. The maximum Gasteiger partial charge on any atom is 0.0367 e. The minimum absolute atomic E-state index is 1.10. The van der Waals surface area contributed by atoms with Crippen LogP contribution in [0.5, 0.6) is 0 Å². The summed E-state index contributed by atoms with van der Waals surface area (Å²) < 4.78 is 0. The number of nitrogens with one attached hydrogen (secondary N) is 1. The molecule has 1 aromatic carbocycles. The van der Waals surface area contributed by atoms with Crippen molar-refractivity contribution in [2.45, 2.75) is 18.2 Å². The molecule has 88 valence electrons. The SMILES string of the molecule is CCCSc1ccc(N2CCNCC2)cc1. The molecule has 1 N–H and O–H groups in total. The van der Waals surface area contributed by atoms with Gasteiger partial charge in [-0.15, -0.1) is 11.8 Å². The highest BCUT2D eigenvalue weighted by atomic mass is 32.2. The Morgan fingerprint density at radius 2 is 1.88 bits per heavy atom. The monoisotopic (exact) mass is 236 g/mol. The summed E-state index contributed by atoms with van der Waals surface area (Å²) in [6.07, 6.45) is 1.24. The first-order chi connectivity index (χ1) is 7.90. The Hall–Kier alpha value is -0.670. The Morgan fingerprint density at radius 3 is 2.50 bits per heavy atom. The van der Waals surface area contributed by atoms with Crippen LogP contribution in [0.25, 0.3) is 0 Å². The van der Waals surface area contributed by atoms with Crippen molar-refractivity contribution in [3.63, 3.8) is 0 Å². The van der Waals surface area contributed by atoms with Crippen LogP contribution in [0.2, 0.25) is 0 Å². The Labute approximate surface area is 102 Å². The Kier molecular flexibility index (Phi) is 4.55. The van der Waals surface area contributed by atoms with E-state index in [1.54, 1.807) is 0 Å². The van der Waals surface area contributed by atoms with Gasteiger partial charge in [-0.25, -0.2) is 0 Å². The van der Waals surface area contributed by atoms with Gasteiger partial charge in [0.25, 0.3) is 0 Å². The van der Waals surface area contributed by atoms with Gasteiger partial charge in [0.05, 0.1) is 0 Å². The van der Waals surface area contributed by atoms with Crippen LogP contribution in [-0.4, -0.2) is 31.9 Å². The molecule has 0 radical (unpaired) electrons. The van der Waals surface area contributed by atoms with Crippen molar-refractivity contribution in [2.24, 2.45) is 0 Å². The molecule has 0 aromatic heterocycles. The van der Waals surface area contributed by atoms with E-state index < -0.39 is 0 Å². The van der Waals surface area contributed by atoms with Gasteiger partial charge in [-0.1, -0.05) is 6.92 Å². The molecule has 0 aliphatic carbocycles. The second-order valence-corrected chi connectivity index (χ2v) is 5.25. The number of hydrogen-bond donors (Lipinski definition) is 1. The molecule has 2 rings (SSSR count). The normalized spacial score (nSPS) is 16.4. The standard InChI is InChI=1S/C13H20N2S/c1-2-11-16-13-5-3-12(4-6-13)15-9-7-14-8-10-15/h3-6,14H,2,7-11H2,1H3. The van der Waals surface area contributed by atoms with E-state index in [4.69, 9.17) is 0 Å². The number of hydrogen-bond acceptors (Lipinski definition) is 3. The molecule has 1 aliphatic heterocycles. The smallest absolute Gasteiger partial charge is 0.0367 e. The van der Waals surface area contributed by atoms with Crippen LogP contribution in [0.3, 0.4) is 0 Å². The topological polar surface area (TPSA) is 15.3 Å². The van der Waals surface area contributed by atoms with Crippen molar-refractivity contribution in [3.05, 3.63) is 24.3 Å². The van der Waals surface area contributed by atoms with Gasteiger partial charge >= 0.3 is 0 Å². The molecular weight excluding hydrogens is 216 g/mol. The number of nitrogens with zero attached hydrogens (tertiary/aromatic N) is 1. The minimum Gasteiger partial charge on any atom is -0.369 e. The van der Waals surface area contributed by atoms with Gasteiger partial charge in [-0.3, -0.25) is 0 Å². The maximum atomic E-state index is 3.38. The zero-order valence-corrected chi connectivity index (χ0v) is 10.7. The summed E-state index contributed by atoms with van der Waals surface area (Å²) >= 11 is 1.94. The molecule has 0 unspecified atom stereocenters. The van der Waals surface area contributed by atoms with Crippen LogP contribution >= 0.6 is 11.8 Å². The lowest BCUT2D eigenvalue weighted by molar-refractivity contribution is 0.589. The van der Waals surface area contributed by atoms with Gasteiger partial charge in [0.2, 0.25) is 0 Å². The number of thioether (sulfide) groups is 1. The summed E-state index contributed by atoms with van der Waals surface area (Å²) in [5.41, 5.74) is 1.36. The first kappa shape index (κ1) is 11.8. The van der Waals surface area contributed by atoms with Crippen LogP contribution in [0.1, 0.15) is 13.3 Å². The summed E-state index contributed by atoms with van der Waals surface area (Å²) in [6.45, 7) is 6.68. The molecule has 0 amide bonds. The van der Waals surface area contributed by atoms with Crippen molar-refractivity contribution >= 4 is 17.4 Å². The summed E-state index contributed by atoms with van der Waals surface area (Å²) in [6, 6.07) is 9.00. The summed E-state index contributed by atoms with van der Waals surface area (Å²) in [5.74, 6) is 1.22. The summed E-state index contributed by atoms with van der Waals surface area (Å²) in [7, 11) is 0. The van der Waals surface area contributed by atoms with E-state index in [1.807, 2.05) is 11.8 Å². The highest BCUT2D eigenvalue weighted by Crippen LogP contribution is 2.22. The van der Waals surface area contributed by atoms with Crippen molar-refractivity contribution in [3.8, 4) is 0 Å². The van der Waals surface area contributed by atoms with Crippen molar-refractivity contribution in [1.82, 2.24) is 5.32 Å². The largest absolute Gasteiger partial charge is 0.369 e. The number of benzene rings is 1. The lowest BCUT2D eigenvalue weighted by Crippen LogP contribution is -2.43. The van der Waals surface area contributed by atoms with Crippen LogP contribution in [0, 0.1) is 0 Å². The van der Waals surface area contributed by atoms with Crippen molar-refractivity contribution in [1.29, 1.82) is 0 Å². The molecular formula is C13H20N2S. The third-order valence-corrected chi connectivity index (χ3v) is 4.01. The van der Waals surface area contributed by atoms with Crippen LogP contribution in [0.15, 0.2) is 29.2 Å². The Morgan fingerprint density at radius 1 is 1.19 bits per heavy atom. The van der Waals surface area contributed by atoms with E-state index >= 15 is 0 Å². The zero-order valence-electron chi connectivity index (χ0n) is 9.91. The number of anilines is 1. The molecule has 1 aliphatic rings. The van der Waals surface area contributed by atoms with E-state index in [0.29, 0.717) is 0 Å². The second kappa shape index (κ2) is 6.16. The zero-order chi connectivity index (χ0) is 11.2. The summed E-state index contributed by atoms with van der Waals surface area (Å²) in [4.78, 5) is 3.84. The molecule has 3 heteroatoms. The second-order valence-electron chi connectivity index (χ2n) is 4.08. The molecule has 16 heavy (non-hydrogen) atoms. The molecule has 1 aromatic rings. The average Bonchev–Trinajstić information content (AvgIpc) is 2.38. The van der Waals surface area contributed by atoms with E-state index in [2.05, 4.69) is 41.4 Å². The molecule has 0 saturated carbocycles. The number of rotatable bonds is 4. The fourth-order valence-corrected chi connectivity index (χ4v) is 2.66. The lowest BCUT2D eigenvalue weighted by Gasteiger charge is -2.29. The fourth-order valence-electron chi connectivity index (χ4n) is 1.90. The maximum absolute atomic E-state index is 3.38. The summed E-state index contributed by atoms with van der Waals surface area (Å²) in [5, 5.41) is 3.38.